The first-order valence-electron chi connectivity index (χ1n) is 7.05. The number of thioether (sulfide) groups is 1. The second-order valence-corrected chi connectivity index (χ2v) is 7.89. The second-order valence-electron chi connectivity index (χ2n) is 5.04. The van der Waals surface area contributed by atoms with Gasteiger partial charge in [0, 0.05) is 11.4 Å². The number of amides is 1. The molecule has 24 heavy (non-hydrogen) atoms. The highest BCUT2D eigenvalue weighted by atomic mass is 35.5. The Morgan fingerprint density at radius 3 is 2.46 bits per heavy atom. The molecule has 0 heterocycles. The number of halogens is 1. The maximum Gasteiger partial charge on any atom is 0.252 e. The SMILES string of the molecule is CSc1ccc(Cl)c(C(=O)NCCc2ccc(S(N)(=O)=O)cc2)c1. The summed E-state index contributed by atoms with van der Waals surface area (Å²) in [6.45, 7) is 0.410. The third kappa shape index (κ3) is 4.98. The van der Waals surface area contributed by atoms with Crippen molar-refractivity contribution in [3.8, 4) is 0 Å². The lowest BCUT2D eigenvalue weighted by atomic mass is 10.1. The molecule has 0 unspecified atom stereocenters. The van der Waals surface area contributed by atoms with Crippen molar-refractivity contribution in [2.45, 2.75) is 16.2 Å². The van der Waals surface area contributed by atoms with Gasteiger partial charge in [0.15, 0.2) is 0 Å². The van der Waals surface area contributed by atoms with Crippen LogP contribution in [0.5, 0.6) is 0 Å². The fraction of sp³-hybridized carbons (Fsp3) is 0.188. The Morgan fingerprint density at radius 1 is 1.21 bits per heavy atom. The number of carbonyl (C=O) groups excluding carboxylic acids is 1. The number of sulfonamides is 1. The average molecular weight is 385 g/mol. The fourth-order valence-corrected chi connectivity index (χ4v) is 3.23. The average Bonchev–Trinajstić information content (AvgIpc) is 2.55. The lowest BCUT2D eigenvalue weighted by Crippen LogP contribution is -2.26. The molecule has 0 bridgehead atoms. The van der Waals surface area contributed by atoms with Crippen LogP contribution in [0.3, 0.4) is 0 Å². The molecule has 2 aromatic rings. The first kappa shape index (κ1) is 18.8. The Labute approximate surface area is 150 Å². The standard InChI is InChI=1S/C16H17ClN2O3S2/c1-23-12-4-7-15(17)14(10-12)16(20)19-9-8-11-2-5-13(6-3-11)24(18,21)22/h2-7,10H,8-9H2,1H3,(H,19,20)(H2,18,21,22). The number of benzene rings is 2. The molecule has 0 aliphatic heterocycles. The van der Waals surface area contributed by atoms with E-state index in [1.807, 2.05) is 12.3 Å². The fourth-order valence-electron chi connectivity index (χ4n) is 2.07. The summed E-state index contributed by atoms with van der Waals surface area (Å²) in [6.07, 6.45) is 2.49. The van der Waals surface area contributed by atoms with Crippen LogP contribution in [0.2, 0.25) is 5.02 Å². The van der Waals surface area contributed by atoms with Gasteiger partial charge in [-0.05, 0) is 48.6 Å². The molecule has 0 aliphatic carbocycles. The van der Waals surface area contributed by atoms with E-state index in [4.69, 9.17) is 16.7 Å². The zero-order valence-corrected chi connectivity index (χ0v) is 15.3. The highest BCUT2D eigenvalue weighted by Gasteiger charge is 2.11. The van der Waals surface area contributed by atoms with Gasteiger partial charge in [-0.2, -0.15) is 0 Å². The molecule has 8 heteroatoms. The summed E-state index contributed by atoms with van der Waals surface area (Å²) in [5, 5.41) is 8.26. The Kier molecular flexibility index (Phi) is 6.28. The first-order valence-corrected chi connectivity index (χ1v) is 10.2. The van der Waals surface area contributed by atoms with Crippen molar-refractivity contribution in [3.05, 3.63) is 58.6 Å². The van der Waals surface area contributed by atoms with Crippen LogP contribution in [0.15, 0.2) is 52.3 Å². The summed E-state index contributed by atoms with van der Waals surface area (Å²) in [5.41, 5.74) is 1.33. The predicted molar refractivity (Wildman–Crippen MR) is 97.1 cm³/mol. The maximum atomic E-state index is 12.2. The molecular weight excluding hydrogens is 368 g/mol. The van der Waals surface area contributed by atoms with Crippen molar-refractivity contribution in [2.75, 3.05) is 12.8 Å². The van der Waals surface area contributed by atoms with E-state index in [9.17, 15) is 13.2 Å². The van der Waals surface area contributed by atoms with Gasteiger partial charge < -0.3 is 5.32 Å². The predicted octanol–water partition coefficient (Wildman–Crippen LogP) is 2.68. The summed E-state index contributed by atoms with van der Waals surface area (Å²) in [4.78, 5) is 13.2. The second kappa shape index (κ2) is 8.02. The molecule has 0 fully saturated rings. The monoisotopic (exact) mass is 384 g/mol. The molecule has 1 amide bonds. The van der Waals surface area contributed by atoms with Crippen LogP contribution in [0.1, 0.15) is 15.9 Å². The zero-order chi connectivity index (χ0) is 17.7. The van der Waals surface area contributed by atoms with Crippen molar-refractivity contribution >= 4 is 39.3 Å². The van der Waals surface area contributed by atoms with Gasteiger partial charge in [-0.25, -0.2) is 13.6 Å². The highest BCUT2D eigenvalue weighted by molar-refractivity contribution is 7.98. The molecule has 2 aromatic carbocycles. The molecule has 0 saturated heterocycles. The van der Waals surface area contributed by atoms with E-state index in [1.54, 1.807) is 24.3 Å². The van der Waals surface area contributed by atoms with Gasteiger partial charge in [0.25, 0.3) is 5.91 Å². The molecule has 0 spiro atoms. The van der Waals surface area contributed by atoms with E-state index in [-0.39, 0.29) is 10.8 Å². The molecular formula is C16H17ClN2O3S2. The Morgan fingerprint density at radius 2 is 1.88 bits per heavy atom. The van der Waals surface area contributed by atoms with Crippen LogP contribution >= 0.6 is 23.4 Å². The Bertz CT molecular complexity index is 837. The number of carbonyl (C=O) groups is 1. The molecule has 0 aliphatic rings. The van der Waals surface area contributed by atoms with E-state index in [0.717, 1.165) is 10.5 Å². The van der Waals surface area contributed by atoms with Crippen LogP contribution in [0, 0.1) is 0 Å². The summed E-state index contributed by atoms with van der Waals surface area (Å²) in [6, 6.07) is 11.6. The third-order valence-corrected chi connectivity index (χ3v) is 5.35. The van der Waals surface area contributed by atoms with Crippen LogP contribution in [-0.2, 0) is 16.4 Å². The number of nitrogens with two attached hydrogens (primary N) is 1. The smallest absolute Gasteiger partial charge is 0.252 e. The van der Waals surface area contributed by atoms with Crippen molar-refractivity contribution in [1.29, 1.82) is 0 Å². The lowest BCUT2D eigenvalue weighted by Gasteiger charge is -2.08. The molecule has 2 rings (SSSR count). The Hall–Kier alpha value is -1.54. The van der Waals surface area contributed by atoms with Gasteiger partial charge in [-0.3, -0.25) is 4.79 Å². The number of primary sulfonamides is 1. The summed E-state index contributed by atoms with van der Waals surface area (Å²) < 4.78 is 22.4. The maximum absolute atomic E-state index is 12.2. The quantitative estimate of drug-likeness (QED) is 0.749. The van der Waals surface area contributed by atoms with Gasteiger partial charge in [0.1, 0.15) is 0 Å². The van der Waals surface area contributed by atoms with E-state index in [2.05, 4.69) is 5.32 Å². The van der Waals surface area contributed by atoms with Crippen molar-refractivity contribution in [2.24, 2.45) is 5.14 Å². The minimum absolute atomic E-state index is 0.0657. The Balaban J connectivity index is 1.95. The summed E-state index contributed by atoms with van der Waals surface area (Å²) in [5.74, 6) is -0.239. The van der Waals surface area contributed by atoms with Crippen LogP contribution in [-0.4, -0.2) is 27.1 Å². The van der Waals surface area contributed by atoms with Crippen LogP contribution in [0.25, 0.3) is 0 Å². The number of hydrogen-bond acceptors (Lipinski definition) is 4. The third-order valence-electron chi connectivity index (χ3n) is 3.37. The molecule has 128 valence electrons. The largest absolute Gasteiger partial charge is 0.352 e. The minimum atomic E-state index is -3.69. The number of hydrogen-bond donors (Lipinski definition) is 2. The lowest BCUT2D eigenvalue weighted by molar-refractivity contribution is 0.0954. The van der Waals surface area contributed by atoms with E-state index in [1.165, 1.54) is 23.9 Å². The highest BCUT2D eigenvalue weighted by Crippen LogP contribution is 2.22. The van der Waals surface area contributed by atoms with Gasteiger partial charge in [0.05, 0.1) is 15.5 Å². The number of rotatable bonds is 6. The minimum Gasteiger partial charge on any atom is -0.352 e. The van der Waals surface area contributed by atoms with Crippen molar-refractivity contribution in [3.63, 3.8) is 0 Å². The summed E-state index contributed by atoms with van der Waals surface area (Å²) >= 11 is 7.60. The van der Waals surface area contributed by atoms with Crippen molar-refractivity contribution in [1.82, 2.24) is 5.32 Å². The molecule has 0 saturated carbocycles. The zero-order valence-electron chi connectivity index (χ0n) is 13.0. The molecule has 0 atom stereocenters. The molecule has 5 nitrogen and oxygen atoms in total. The van der Waals surface area contributed by atoms with Gasteiger partial charge in [-0.1, -0.05) is 23.7 Å². The van der Waals surface area contributed by atoms with E-state index in [0.29, 0.717) is 23.6 Å². The van der Waals surface area contributed by atoms with Crippen LogP contribution < -0.4 is 10.5 Å². The van der Waals surface area contributed by atoms with Gasteiger partial charge in [-0.15, -0.1) is 11.8 Å². The topological polar surface area (TPSA) is 89.3 Å². The summed E-state index contributed by atoms with van der Waals surface area (Å²) in [7, 11) is -3.69. The van der Waals surface area contributed by atoms with Gasteiger partial charge in [0.2, 0.25) is 10.0 Å². The molecule has 0 aromatic heterocycles. The van der Waals surface area contributed by atoms with Crippen molar-refractivity contribution < 1.29 is 13.2 Å². The number of nitrogens with one attached hydrogen (secondary N) is 1. The van der Waals surface area contributed by atoms with Gasteiger partial charge >= 0.3 is 0 Å². The van der Waals surface area contributed by atoms with Crippen LogP contribution in [0.4, 0.5) is 0 Å². The first-order chi connectivity index (χ1) is 11.3. The van der Waals surface area contributed by atoms with E-state index >= 15 is 0 Å². The molecule has 0 radical (unpaired) electrons. The molecule has 3 N–H and O–H groups in total. The normalized spacial score (nSPS) is 11.3. The van der Waals surface area contributed by atoms with E-state index < -0.39 is 10.0 Å².